The van der Waals surface area contributed by atoms with Crippen LogP contribution in [-0.2, 0) is 11.4 Å². The molecule has 1 aromatic heterocycles. The fourth-order valence-electron chi connectivity index (χ4n) is 3.38. The van der Waals surface area contributed by atoms with Gasteiger partial charge in [0.15, 0.2) is 5.82 Å². The van der Waals surface area contributed by atoms with Gasteiger partial charge in [0, 0.05) is 13.1 Å². The zero-order valence-corrected chi connectivity index (χ0v) is 17.1. The van der Waals surface area contributed by atoms with Gasteiger partial charge >= 0.3 is 0 Å². The van der Waals surface area contributed by atoms with Crippen molar-refractivity contribution in [2.45, 2.75) is 12.8 Å². The average Bonchev–Trinajstić information content (AvgIpc) is 3.10. The summed E-state index contributed by atoms with van der Waals surface area (Å²) in [6.45, 7) is 3.61. The van der Waals surface area contributed by atoms with Crippen LogP contribution < -0.4 is 4.74 Å². The highest BCUT2D eigenvalue weighted by atomic mass is 32.1. The van der Waals surface area contributed by atoms with E-state index in [4.69, 9.17) is 26.8 Å². The van der Waals surface area contributed by atoms with Gasteiger partial charge in [-0.25, -0.2) is 4.68 Å². The molecule has 29 heavy (non-hydrogen) atoms. The number of benzene rings is 2. The number of aliphatic hydroxyl groups is 1. The van der Waals surface area contributed by atoms with Crippen LogP contribution >= 0.6 is 12.2 Å². The normalized spacial score (nSPS) is 15.9. The predicted octanol–water partition coefficient (Wildman–Crippen LogP) is 2.78. The minimum Gasteiger partial charge on any atom is -0.497 e. The van der Waals surface area contributed by atoms with Crippen LogP contribution in [0.5, 0.6) is 5.75 Å². The van der Waals surface area contributed by atoms with Gasteiger partial charge in [-0.15, -0.1) is 0 Å². The largest absolute Gasteiger partial charge is 0.497 e. The number of nitrogens with zero attached hydrogens (tertiary/aromatic N) is 4. The van der Waals surface area contributed by atoms with E-state index in [0.717, 1.165) is 30.1 Å². The Kier molecular flexibility index (Phi) is 6.05. The zero-order chi connectivity index (χ0) is 20.2. The summed E-state index contributed by atoms with van der Waals surface area (Å²) in [5, 5.41) is 15.8. The summed E-state index contributed by atoms with van der Waals surface area (Å²) < 4.78 is 14.8. The van der Waals surface area contributed by atoms with E-state index in [9.17, 15) is 5.11 Å². The number of ether oxygens (including phenoxy) is 2. The molecule has 0 radical (unpaired) electrons. The van der Waals surface area contributed by atoms with Crippen molar-refractivity contribution in [3.05, 3.63) is 70.8 Å². The minimum atomic E-state index is -0.897. The van der Waals surface area contributed by atoms with Crippen LogP contribution in [0.4, 0.5) is 0 Å². The first-order valence-electron chi connectivity index (χ1n) is 9.54. The molecule has 1 aliphatic rings. The summed E-state index contributed by atoms with van der Waals surface area (Å²) in [7, 11) is 1.63. The van der Waals surface area contributed by atoms with Gasteiger partial charge < -0.3 is 14.6 Å². The number of morpholine rings is 1. The van der Waals surface area contributed by atoms with Gasteiger partial charge in [-0.2, -0.15) is 5.10 Å². The number of hydrogen-bond acceptors (Lipinski definition) is 6. The Hall–Kier alpha value is -2.52. The van der Waals surface area contributed by atoms with Gasteiger partial charge in [0.2, 0.25) is 4.77 Å². The van der Waals surface area contributed by atoms with Gasteiger partial charge in [-0.05, 0) is 42.0 Å². The highest BCUT2D eigenvalue weighted by molar-refractivity contribution is 7.71. The molecule has 0 saturated carbocycles. The average molecular weight is 413 g/mol. The monoisotopic (exact) mass is 412 g/mol. The third kappa shape index (κ3) is 4.25. The second kappa shape index (κ2) is 8.87. The summed E-state index contributed by atoms with van der Waals surface area (Å²) in [6.07, 6.45) is -0.897. The number of rotatable bonds is 6. The van der Waals surface area contributed by atoms with Crippen LogP contribution in [0, 0.1) is 4.77 Å². The topological polar surface area (TPSA) is 64.7 Å². The van der Waals surface area contributed by atoms with Crippen LogP contribution in [-0.4, -0.2) is 57.8 Å². The van der Waals surface area contributed by atoms with Gasteiger partial charge in [-0.3, -0.25) is 9.47 Å². The maximum Gasteiger partial charge on any atom is 0.203 e. The van der Waals surface area contributed by atoms with E-state index in [1.807, 2.05) is 59.2 Å². The molecule has 1 unspecified atom stereocenters. The fraction of sp³-hybridized carbons (Fsp3) is 0.333. The van der Waals surface area contributed by atoms with Crippen LogP contribution in [0.2, 0.25) is 0 Å². The van der Waals surface area contributed by atoms with Gasteiger partial charge in [-0.1, -0.05) is 30.3 Å². The number of methoxy groups -OCH3 is 1. The van der Waals surface area contributed by atoms with Crippen LogP contribution in [0.15, 0.2) is 54.6 Å². The summed E-state index contributed by atoms with van der Waals surface area (Å²) in [4.78, 5) is 2.24. The first kappa shape index (κ1) is 19.8. The van der Waals surface area contributed by atoms with Crippen molar-refractivity contribution in [1.29, 1.82) is 0 Å². The third-order valence-corrected chi connectivity index (χ3v) is 5.39. The molecular weight excluding hydrogens is 388 g/mol. The van der Waals surface area contributed by atoms with Crippen molar-refractivity contribution < 1.29 is 14.6 Å². The molecule has 1 aliphatic heterocycles. The van der Waals surface area contributed by atoms with Crippen LogP contribution in [0.1, 0.15) is 17.5 Å². The van der Waals surface area contributed by atoms with E-state index >= 15 is 0 Å². The molecule has 1 saturated heterocycles. The second-order valence-corrected chi connectivity index (χ2v) is 7.22. The molecule has 1 atom stereocenters. The SMILES string of the molecule is COc1ccc(-n2c(C(O)c3ccccc3)nn(CN3CCOCC3)c2=S)cc1. The Labute approximate surface area is 174 Å². The van der Waals surface area contributed by atoms with Crippen molar-refractivity contribution in [2.24, 2.45) is 0 Å². The Morgan fingerprint density at radius 1 is 1.10 bits per heavy atom. The highest BCUT2D eigenvalue weighted by Gasteiger charge is 2.22. The fourth-order valence-corrected chi connectivity index (χ4v) is 3.68. The summed E-state index contributed by atoms with van der Waals surface area (Å²) >= 11 is 5.76. The Morgan fingerprint density at radius 3 is 2.45 bits per heavy atom. The molecular formula is C21H24N4O3S. The van der Waals surface area contributed by atoms with Gasteiger partial charge in [0.05, 0.1) is 32.7 Å². The summed E-state index contributed by atoms with van der Waals surface area (Å²) in [5.41, 5.74) is 1.59. The number of aromatic nitrogens is 3. The smallest absolute Gasteiger partial charge is 0.203 e. The van der Waals surface area contributed by atoms with Gasteiger partial charge in [0.25, 0.3) is 0 Å². The second-order valence-electron chi connectivity index (χ2n) is 6.86. The van der Waals surface area contributed by atoms with E-state index < -0.39 is 6.10 Å². The highest BCUT2D eigenvalue weighted by Crippen LogP contribution is 2.25. The number of hydrogen-bond donors (Lipinski definition) is 1. The quantitative estimate of drug-likeness (QED) is 0.628. The van der Waals surface area contributed by atoms with Crippen molar-refractivity contribution in [3.8, 4) is 11.4 Å². The molecule has 152 valence electrons. The maximum atomic E-state index is 11.1. The molecule has 2 aromatic carbocycles. The van der Waals surface area contributed by atoms with E-state index in [-0.39, 0.29) is 0 Å². The van der Waals surface area contributed by atoms with E-state index in [1.54, 1.807) is 11.8 Å². The minimum absolute atomic E-state index is 0.486. The molecule has 0 amide bonds. The molecule has 7 nitrogen and oxygen atoms in total. The van der Waals surface area contributed by atoms with Gasteiger partial charge in [0.1, 0.15) is 11.9 Å². The standard InChI is InChI=1S/C21H24N4O3S/c1-27-18-9-7-17(8-10-18)25-20(19(26)16-5-3-2-4-6-16)22-24(21(25)29)15-23-11-13-28-14-12-23/h2-10,19,26H,11-15H2,1H3. The molecule has 2 heterocycles. The Bertz CT molecular complexity index is 995. The van der Waals surface area contributed by atoms with Crippen molar-refractivity contribution in [2.75, 3.05) is 33.4 Å². The zero-order valence-electron chi connectivity index (χ0n) is 16.3. The van der Waals surface area contributed by atoms with Crippen molar-refractivity contribution in [3.63, 3.8) is 0 Å². The van der Waals surface area contributed by atoms with Crippen LogP contribution in [0.3, 0.4) is 0 Å². The number of aliphatic hydroxyl groups excluding tert-OH is 1. The molecule has 0 spiro atoms. The molecule has 1 N–H and O–H groups in total. The molecule has 0 bridgehead atoms. The molecule has 4 rings (SSSR count). The van der Waals surface area contributed by atoms with Crippen LogP contribution in [0.25, 0.3) is 5.69 Å². The molecule has 1 fully saturated rings. The lowest BCUT2D eigenvalue weighted by molar-refractivity contribution is 0.0208. The lowest BCUT2D eigenvalue weighted by atomic mass is 10.1. The lowest BCUT2D eigenvalue weighted by Crippen LogP contribution is -2.37. The summed E-state index contributed by atoms with van der Waals surface area (Å²) in [5.74, 6) is 1.24. The predicted molar refractivity (Wildman–Crippen MR) is 112 cm³/mol. The molecule has 0 aliphatic carbocycles. The first-order chi connectivity index (χ1) is 14.2. The van der Waals surface area contributed by atoms with Crippen molar-refractivity contribution >= 4 is 12.2 Å². The van der Waals surface area contributed by atoms with E-state index in [0.29, 0.717) is 30.5 Å². The Balaban J connectivity index is 1.76. The molecule has 3 aromatic rings. The molecule has 8 heteroatoms. The third-order valence-electron chi connectivity index (χ3n) is 4.99. The Morgan fingerprint density at radius 2 is 1.79 bits per heavy atom. The first-order valence-corrected chi connectivity index (χ1v) is 9.95. The van der Waals surface area contributed by atoms with Crippen molar-refractivity contribution in [1.82, 2.24) is 19.2 Å². The lowest BCUT2D eigenvalue weighted by Gasteiger charge is -2.26. The maximum absolute atomic E-state index is 11.1. The summed E-state index contributed by atoms with van der Waals surface area (Å²) in [6, 6.07) is 17.0. The van der Waals surface area contributed by atoms with E-state index in [1.165, 1.54) is 0 Å². The van der Waals surface area contributed by atoms with E-state index in [2.05, 4.69) is 4.90 Å².